The minimum atomic E-state index is -0.394. The van der Waals surface area contributed by atoms with E-state index in [9.17, 15) is 9.59 Å². The van der Waals surface area contributed by atoms with Gasteiger partial charge in [0.05, 0.1) is 36.4 Å². The summed E-state index contributed by atoms with van der Waals surface area (Å²) in [6, 6.07) is 10.5. The second-order valence-electron chi connectivity index (χ2n) is 10.9. The van der Waals surface area contributed by atoms with E-state index in [0.717, 1.165) is 44.7 Å². The van der Waals surface area contributed by atoms with Gasteiger partial charge in [-0.1, -0.05) is 29.7 Å². The molecule has 5 rings (SSSR count). The van der Waals surface area contributed by atoms with Gasteiger partial charge < -0.3 is 14.8 Å². The lowest BCUT2D eigenvalue weighted by Gasteiger charge is -2.32. The molecular formula is C32H37ClN8O2. The summed E-state index contributed by atoms with van der Waals surface area (Å²) in [6.45, 7) is 6.06. The van der Waals surface area contributed by atoms with Gasteiger partial charge in [-0.2, -0.15) is 0 Å². The summed E-state index contributed by atoms with van der Waals surface area (Å²) in [5, 5.41) is 7.28. The van der Waals surface area contributed by atoms with Crippen molar-refractivity contribution in [3.05, 3.63) is 93.0 Å². The number of amides is 1. The minimum absolute atomic E-state index is 0.122. The van der Waals surface area contributed by atoms with Crippen molar-refractivity contribution in [2.24, 2.45) is 7.05 Å². The fourth-order valence-corrected chi connectivity index (χ4v) is 5.57. The van der Waals surface area contributed by atoms with E-state index in [1.165, 1.54) is 0 Å². The van der Waals surface area contributed by atoms with Crippen molar-refractivity contribution in [3.8, 4) is 12.3 Å². The van der Waals surface area contributed by atoms with Crippen LogP contribution in [0.15, 0.2) is 59.9 Å². The number of imidazole rings is 1. The SMILES string of the molecule is C#CCNC(c1ccc(C(=O)NCCCn2ccnc2)cc1)c1cc2c(=O)n(C)c(CN3CCN(C)CC3)nc2cc1Cl. The molecule has 4 aromatic rings. The molecule has 10 nitrogen and oxygen atoms in total. The van der Waals surface area contributed by atoms with Gasteiger partial charge in [-0.15, -0.1) is 6.42 Å². The van der Waals surface area contributed by atoms with Crippen LogP contribution in [0.5, 0.6) is 0 Å². The van der Waals surface area contributed by atoms with Gasteiger partial charge in [-0.3, -0.25) is 24.4 Å². The second kappa shape index (κ2) is 14.0. The van der Waals surface area contributed by atoms with Gasteiger partial charge in [0, 0.05) is 69.3 Å². The summed E-state index contributed by atoms with van der Waals surface area (Å²) in [5.41, 5.74) is 2.58. The average Bonchev–Trinajstić information content (AvgIpc) is 3.53. The van der Waals surface area contributed by atoms with E-state index in [1.807, 2.05) is 29.0 Å². The van der Waals surface area contributed by atoms with Crippen molar-refractivity contribution >= 4 is 28.4 Å². The third-order valence-corrected chi connectivity index (χ3v) is 8.24. The Bertz CT molecular complexity index is 1650. The zero-order chi connectivity index (χ0) is 30.3. The number of carbonyl (C=O) groups excluding carboxylic acids is 1. The Balaban J connectivity index is 1.35. The number of hydrogen-bond acceptors (Lipinski definition) is 7. The number of terminal acetylenes is 1. The Labute approximate surface area is 256 Å². The van der Waals surface area contributed by atoms with E-state index < -0.39 is 6.04 Å². The monoisotopic (exact) mass is 600 g/mol. The normalized spacial score (nSPS) is 14.9. The lowest BCUT2D eigenvalue weighted by atomic mass is 9.96. The van der Waals surface area contributed by atoms with E-state index in [-0.39, 0.29) is 11.5 Å². The maximum absolute atomic E-state index is 13.5. The van der Waals surface area contributed by atoms with Crippen LogP contribution >= 0.6 is 11.6 Å². The number of aryl methyl sites for hydroxylation is 1. The van der Waals surface area contributed by atoms with Crippen LogP contribution < -0.4 is 16.2 Å². The molecule has 2 aromatic carbocycles. The van der Waals surface area contributed by atoms with Crippen LogP contribution in [-0.4, -0.2) is 81.1 Å². The Morgan fingerprint density at radius 3 is 2.60 bits per heavy atom. The van der Waals surface area contributed by atoms with Gasteiger partial charge in [-0.25, -0.2) is 9.97 Å². The summed E-state index contributed by atoms with van der Waals surface area (Å²) in [6.07, 6.45) is 11.8. The van der Waals surface area contributed by atoms with E-state index in [4.69, 9.17) is 23.0 Å². The fraction of sp³-hybridized carbons (Fsp3) is 0.375. The molecular weight excluding hydrogens is 564 g/mol. The summed E-state index contributed by atoms with van der Waals surface area (Å²) in [7, 11) is 3.88. The number of aromatic nitrogens is 4. The predicted octanol–water partition coefficient (Wildman–Crippen LogP) is 2.66. The van der Waals surface area contributed by atoms with E-state index in [2.05, 4.69) is 38.4 Å². The topological polar surface area (TPSA) is 100 Å². The number of halogens is 1. The summed E-state index contributed by atoms with van der Waals surface area (Å²) in [5.74, 6) is 3.19. The van der Waals surface area contributed by atoms with Crippen LogP contribution in [0.4, 0.5) is 0 Å². The summed E-state index contributed by atoms with van der Waals surface area (Å²) in [4.78, 5) is 39.7. The van der Waals surface area contributed by atoms with Gasteiger partial charge in [0.25, 0.3) is 11.5 Å². The van der Waals surface area contributed by atoms with Crippen molar-refractivity contribution < 1.29 is 4.79 Å². The highest BCUT2D eigenvalue weighted by atomic mass is 35.5. The van der Waals surface area contributed by atoms with Gasteiger partial charge in [-0.05, 0) is 48.9 Å². The summed E-state index contributed by atoms with van der Waals surface area (Å²) < 4.78 is 3.60. The van der Waals surface area contributed by atoms with Gasteiger partial charge in [0.2, 0.25) is 0 Å². The first-order valence-electron chi connectivity index (χ1n) is 14.4. The highest BCUT2D eigenvalue weighted by molar-refractivity contribution is 6.32. The number of carbonyl (C=O) groups is 1. The Kier molecular flexibility index (Phi) is 9.89. The number of likely N-dealkylation sites (N-methyl/N-ethyl adjacent to an activating group) is 1. The first-order chi connectivity index (χ1) is 20.8. The van der Waals surface area contributed by atoms with Crippen LogP contribution in [0.25, 0.3) is 10.9 Å². The van der Waals surface area contributed by atoms with Crippen molar-refractivity contribution in [2.45, 2.75) is 25.6 Å². The number of hydrogen-bond donors (Lipinski definition) is 2. The van der Waals surface area contributed by atoms with E-state index >= 15 is 0 Å². The molecule has 1 unspecified atom stereocenters. The van der Waals surface area contributed by atoms with E-state index in [0.29, 0.717) is 52.5 Å². The van der Waals surface area contributed by atoms with Crippen molar-refractivity contribution in [3.63, 3.8) is 0 Å². The molecule has 1 amide bonds. The smallest absolute Gasteiger partial charge is 0.261 e. The first kappa shape index (κ1) is 30.4. The van der Waals surface area contributed by atoms with Crippen LogP contribution in [-0.2, 0) is 20.1 Å². The van der Waals surface area contributed by atoms with Crippen molar-refractivity contribution in [2.75, 3.05) is 46.3 Å². The largest absolute Gasteiger partial charge is 0.352 e. The number of fused-ring (bicyclic) bond motifs is 1. The predicted molar refractivity (Wildman–Crippen MR) is 169 cm³/mol. The molecule has 0 aliphatic carbocycles. The fourth-order valence-electron chi connectivity index (χ4n) is 5.30. The minimum Gasteiger partial charge on any atom is -0.352 e. The molecule has 1 atom stereocenters. The Morgan fingerprint density at radius 1 is 1.14 bits per heavy atom. The molecule has 2 N–H and O–H groups in total. The van der Waals surface area contributed by atoms with Crippen LogP contribution in [0.1, 0.15) is 39.8 Å². The zero-order valence-corrected chi connectivity index (χ0v) is 25.3. The highest BCUT2D eigenvalue weighted by Gasteiger charge is 2.21. The van der Waals surface area contributed by atoms with Crippen molar-refractivity contribution in [1.82, 2.24) is 39.5 Å². The number of benzene rings is 2. The van der Waals surface area contributed by atoms with Gasteiger partial charge in [0.1, 0.15) is 5.82 Å². The molecule has 1 aliphatic heterocycles. The number of nitrogens with one attached hydrogen (secondary N) is 2. The summed E-state index contributed by atoms with van der Waals surface area (Å²) >= 11 is 6.84. The maximum atomic E-state index is 13.5. The van der Waals surface area contributed by atoms with Crippen LogP contribution in [0, 0.1) is 12.3 Å². The third-order valence-electron chi connectivity index (χ3n) is 7.91. The highest BCUT2D eigenvalue weighted by Crippen LogP contribution is 2.31. The van der Waals surface area contributed by atoms with Crippen LogP contribution in [0.3, 0.4) is 0 Å². The van der Waals surface area contributed by atoms with Gasteiger partial charge >= 0.3 is 0 Å². The lowest BCUT2D eigenvalue weighted by Crippen LogP contribution is -2.44. The lowest BCUT2D eigenvalue weighted by molar-refractivity contribution is 0.0952. The zero-order valence-electron chi connectivity index (χ0n) is 24.6. The first-order valence-corrected chi connectivity index (χ1v) is 14.8. The third kappa shape index (κ3) is 7.32. The average molecular weight is 601 g/mol. The molecule has 224 valence electrons. The van der Waals surface area contributed by atoms with Crippen molar-refractivity contribution in [1.29, 1.82) is 0 Å². The number of nitrogens with zero attached hydrogens (tertiary/aromatic N) is 6. The maximum Gasteiger partial charge on any atom is 0.261 e. The molecule has 3 heterocycles. The molecule has 1 saturated heterocycles. The second-order valence-corrected chi connectivity index (χ2v) is 11.3. The quantitative estimate of drug-likeness (QED) is 0.202. The van der Waals surface area contributed by atoms with Gasteiger partial charge in [0.15, 0.2) is 0 Å². The molecule has 0 radical (unpaired) electrons. The van der Waals surface area contributed by atoms with E-state index in [1.54, 1.807) is 42.3 Å². The molecule has 1 fully saturated rings. The number of piperazine rings is 1. The standard InChI is InChI=1S/C32H37ClN8O2/c1-4-10-35-30(23-6-8-24(9-7-23)31(42)36-11-5-13-41-14-12-34-22-41)25-19-26-28(20-27(25)33)37-29(39(3)32(26)43)21-40-17-15-38(2)16-18-40/h1,6-9,12,14,19-20,22,30,35H,5,10-11,13,15-18,21H2,2-3H3,(H,36,42). The number of rotatable bonds is 11. The molecule has 43 heavy (non-hydrogen) atoms. The molecule has 0 saturated carbocycles. The van der Waals surface area contributed by atoms with Crippen LogP contribution in [0.2, 0.25) is 5.02 Å². The molecule has 11 heteroatoms. The Hall–Kier alpha value is -4.01. The molecule has 0 spiro atoms. The molecule has 0 bridgehead atoms. The molecule has 1 aliphatic rings. The Morgan fingerprint density at radius 2 is 1.91 bits per heavy atom. The molecule has 2 aromatic heterocycles.